The summed E-state index contributed by atoms with van der Waals surface area (Å²) in [5.41, 5.74) is 2.39. The predicted molar refractivity (Wildman–Crippen MR) is 75.0 cm³/mol. The lowest BCUT2D eigenvalue weighted by atomic mass is 10.1. The van der Waals surface area contributed by atoms with Crippen molar-refractivity contribution in [3.05, 3.63) is 29.3 Å². The molecule has 0 aliphatic rings. The molecule has 17 heavy (non-hydrogen) atoms. The lowest BCUT2D eigenvalue weighted by molar-refractivity contribution is 0.196. The van der Waals surface area contributed by atoms with Gasteiger partial charge in [-0.3, -0.25) is 0 Å². The lowest BCUT2D eigenvalue weighted by Crippen LogP contribution is -2.17. The van der Waals surface area contributed by atoms with E-state index in [0.717, 1.165) is 11.5 Å². The van der Waals surface area contributed by atoms with Gasteiger partial charge in [-0.1, -0.05) is 19.1 Å². The van der Waals surface area contributed by atoms with Crippen LogP contribution in [-0.2, 0) is 0 Å². The van der Waals surface area contributed by atoms with Crippen LogP contribution in [0.3, 0.4) is 0 Å². The van der Waals surface area contributed by atoms with Crippen LogP contribution in [0.2, 0.25) is 0 Å². The smallest absolute Gasteiger partial charge is 0.122 e. The van der Waals surface area contributed by atoms with Crippen molar-refractivity contribution in [3.63, 3.8) is 0 Å². The van der Waals surface area contributed by atoms with Crippen molar-refractivity contribution in [1.82, 2.24) is 0 Å². The number of hydrogen-bond acceptors (Lipinski definition) is 3. The Kier molecular flexibility index (Phi) is 5.86. The molecule has 1 aromatic rings. The van der Waals surface area contributed by atoms with Crippen molar-refractivity contribution in [3.8, 4) is 5.75 Å². The Hall–Kier alpha value is -0.670. The lowest BCUT2D eigenvalue weighted by Gasteiger charge is -2.15. The number of thioether (sulfide) groups is 1. The molecule has 3 heteroatoms. The standard InChI is InChI=1S/C14H22O2S/c1-10-5-6-11(2)14(9-10)16-7-8-17-13(4)12(3)15/h5-6,9,12-13,15H,7-8H2,1-4H3. The highest BCUT2D eigenvalue weighted by Gasteiger charge is 2.08. The highest BCUT2D eigenvalue weighted by Crippen LogP contribution is 2.20. The van der Waals surface area contributed by atoms with E-state index in [9.17, 15) is 5.11 Å². The first-order chi connectivity index (χ1) is 8.00. The molecule has 96 valence electrons. The molecular formula is C14H22O2S. The van der Waals surface area contributed by atoms with Crippen LogP contribution in [0.4, 0.5) is 0 Å². The van der Waals surface area contributed by atoms with E-state index in [1.54, 1.807) is 11.8 Å². The molecule has 2 nitrogen and oxygen atoms in total. The van der Waals surface area contributed by atoms with Crippen molar-refractivity contribution >= 4 is 11.8 Å². The summed E-state index contributed by atoms with van der Waals surface area (Å²) >= 11 is 1.74. The number of ether oxygens (including phenoxy) is 1. The molecule has 0 aliphatic heterocycles. The fourth-order valence-electron chi connectivity index (χ4n) is 1.39. The molecule has 1 aromatic carbocycles. The van der Waals surface area contributed by atoms with Gasteiger partial charge in [-0.25, -0.2) is 0 Å². The van der Waals surface area contributed by atoms with Gasteiger partial charge in [-0.05, 0) is 38.0 Å². The highest BCUT2D eigenvalue weighted by molar-refractivity contribution is 7.99. The molecule has 1 N–H and O–H groups in total. The number of aryl methyl sites for hydroxylation is 2. The fraction of sp³-hybridized carbons (Fsp3) is 0.571. The zero-order chi connectivity index (χ0) is 12.8. The Balaban J connectivity index is 2.33. The monoisotopic (exact) mass is 254 g/mol. The minimum atomic E-state index is -0.263. The van der Waals surface area contributed by atoms with Crippen LogP contribution in [-0.4, -0.2) is 28.8 Å². The first kappa shape index (κ1) is 14.4. The van der Waals surface area contributed by atoms with Crippen LogP contribution in [0.15, 0.2) is 18.2 Å². The van der Waals surface area contributed by atoms with Gasteiger partial charge in [0.15, 0.2) is 0 Å². The van der Waals surface area contributed by atoms with Crippen LogP contribution in [0.25, 0.3) is 0 Å². The van der Waals surface area contributed by atoms with Gasteiger partial charge in [0.05, 0.1) is 12.7 Å². The molecule has 0 heterocycles. The average Bonchev–Trinajstić information content (AvgIpc) is 2.28. The van der Waals surface area contributed by atoms with E-state index in [0.29, 0.717) is 6.61 Å². The number of aliphatic hydroxyl groups is 1. The summed E-state index contributed by atoms with van der Waals surface area (Å²) in [5.74, 6) is 1.87. The van der Waals surface area contributed by atoms with Gasteiger partial charge in [0.25, 0.3) is 0 Å². The van der Waals surface area contributed by atoms with E-state index in [1.165, 1.54) is 11.1 Å². The van der Waals surface area contributed by atoms with E-state index in [4.69, 9.17) is 4.74 Å². The van der Waals surface area contributed by atoms with Gasteiger partial charge in [0.2, 0.25) is 0 Å². The van der Waals surface area contributed by atoms with E-state index < -0.39 is 0 Å². The maximum atomic E-state index is 9.36. The van der Waals surface area contributed by atoms with Crippen LogP contribution in [0.5, 0.6) is 5.75 Å². The first-order valence-electron chi connectivity index (χ1n) is 6.00. The molecule has 0 saturated heterocycles. The SMILES string of the molecule is Cc1ccc(C)c(OCCSC(C)C(C)O)c1. The molecule has 0 radical (unpaired) electrons. The third-order valence-corrected chi connectivity index (χ3v) is 4.07. The second kappa shape index (κ2) is 6.92. The molecule has 0 aliphatic carbocycles. The number of hydrogen-bond donors (Lipinski definition) is 1. The normalized spacial score (nSPS) is 14.4. The summed E-state index contributed by atoms with van der Waals surface area (Å²) in [4.78, 5) is 0. The largest absolute Gasteiger partial charge is 0.492 e. The van der Waals surface area contributed by atoms with Gasteiger partial charge < -0.3 is 9.84 Å². The van der Waals surface area contributed by atoms with Gasteiger partial charge in [-0.15, -0.1) is 0 Å². The van der Waals surface area contributed by atoms with Gasteiger partial charge in [0.1, 0.15) is 5.75 Å². The predicted octanol–water partition coefficient (Wildman–Crippen LogP) is 3.18. The van der Waals surface area contributed by atoms with E-state index in [1.807, 2.05) is 13.8 Å². The summed E-state index contributed by atoms with van der Waals surface area (Å²) in [6.45, 7) is 8.67. The number of benzene rings is 1. The summed E-state index contributed by atoms with van der Waals surface area (Å²) < 4.78 is 5.75. The van der Waals surface area contributed by atoms with Crippen LogP contribution in [0, 0.1) is 13.8 Å². The molecule has 0 saturated carbocycles. The van der Waals surface area contributed by atoms with E-state index in [-0.39, 0.29) is 11.4 Å². The fourth-order valence-corrected chi connectivity index (χ4v) is 2.22. The van der Waals surface area contributed by atoms with Gasteiger partial charge >= 0.3 is 0 Å². The first-order valence-corrected chi connectivity index (χ1v) is 7.05. The minimum absolute atomic E-state index is 0.261. The van der Waals surface area contributed by atoms with Crippen molar-refractivity contribution in [2.24, 2.45) is 0 Å². The Bertz CT molecular complexity index is 350. The second-order valence-corrected chi connectivity index (χ2v) is 5.92. The molecule has 0 fully saturated rings. The maximum Gasteiger partial charge on any atom is 0.122 e. The van der Waals surface area contributed by atoms with Gasteiger partial charge in [0, 0.05) is 11.0 Å². The third-order valence-electron chi connectivity index (χ3n) is 2.74. The van der Waals surface area contributed by atoms with Crippen LogP contribution in [0.1, 0.15) is 25.0 Å². The van der Waals surface area contributed by atoms with Crippen molar-refractivity contribution in [2.75, 3.05) is 12.4 Å². The zero-order valence-electron chi connectivity index (χ0n) is 11.1. The topological polar surface area (TPSA) is 29.5 Å². The van der Waals surface area contributed by atoms with E-state index in [2.05, 4.69) is 32.0 Å². The summed E-state index contributed by atoms with van der Waals surface area (Å²) in [6, 6.07) is 6.24. The van der Waals surface area contributed by atoms with E-state index >= 15 is 0 Å². The summed E-state index contributed by atoms with van der Waals surface area (Å²) in [7, 11) is 0. The third kappa shape index (κ3) is 5.00. The minimum Gasteiger partial charge on any atom is -0.492 e. The number of aliphatic hydroxyl groups excluding tert-OH is 1. The number of rotatable bonds is 6. The van der Waals surface area contributed by atoms with Crippen LogP contribution >= 0.6 is 11.8 Å². The second-order valence-electron chi connectivity index (χ2n) is 4.43. The van der Waals surface area contributed by atoms with Crippen molar-refractivity contribution in [2.45, 2.75) is 39.0 Å². The Morgan fingerprint density at radius 3 is 2.65 bits per heavy atom. The van der Waals surface area contributed by atoms with Crippen molar-refractivity contribution in [1.29, 1.82) is 0 Å². The van der Waals surface area contributed by atoms with Crippen LogP contribution < -0.4 is 4.74 Å². The molecular weight excluding hydrogens is 232 g/mol. The Morgan fingerprint density at radius 1 is 1.29 bits per heavy atom. The molecule has 0 spiro atoms. The summed E-state index contributed by atoms with van der Waals surface area (Å²) in [5, 5.41) is 9.62. The molecule has 1 rings (SSSR count). The maximum absolute atomic E-state index is 9.36. The van der Waals surface area contributed by atoms with Crippen molar-refractivity contribution < 1.29 is 9.84 Å². The average molecular weight is 254 g/mol. The molecule has 0 aromatic heterocycles. The molecule has 2 unspecified atom stereocenters. The quantitative estimate of drug-likeness (QED) is 0.791. The molecule has 0 amide bonds. The zero-order valence-corrected chi connectivity index (χ0v) is 11.9. The highest BCUT2D eigenvalue weighted by atomic mass is 32.2. The Morgan fingerprint density at radius 2 is 2.00 bits per heavy atom. The molecule has 2 atom stereocenters. The molecule has 0 bridgehead atoms. The summed E-state index contributed by atoms with van der Waals surface area (Å²) in [6.07, 6.45) is -0.263. The Labute approximate surface area is 108 Å². The van der Waals surface area contributed by atoms with Gasteiger partial charge in [-0.2, -0.15) is 11.8 Å².